The minimum absolute atomic E-state index is 0.122. The molecular formula is C12H11ClN4OS. The van der Waals surface area contributed by atoms with Gasteiger partial charge in [-0.05, 0) is 31.4 Å². The normalized spacial score (nSPS) is 13.3. The topological polar surface area (TPSA) is 80.9 Å². The van der Waals surface area contributed by atoms with Gasteiger partial charge < -0.3 is 5.73 Å². The van der Waals surface area contributed by atoms with E-state index < -0.39 is 0 Å². The molecule has 0 aliphatic heterocycles. The molecule has 0 saturated heterocycles. The van der Waals surface area contributed by atoms with Crippen LogP contribution in [0.5, 0.6) is 0 Å². The number of nitrogens with one attached hydrogen (secondary N) is 1. The first kappa shape index (κ1) is 12.4. The van der Waals surface area contributed by atoms with E-state index in [9.17, 15) is 4.79 Å². The fraction of sp³-hybridized carbons (Fsp3) is 0.250. The van der Waals surface area contributed by atoms with Gasteiger partial charge in [-0.2, -0.15) is 0 Å². The van der Waals surface area contributed by atoms with E-state index in [1.54, 1.807) is 12.1 Å². The molecule has 2 aromatic heterocycles. The summed E-state index contributed by atoms with van der Waals surface area (Å²) in [6.07, 6.45) is 3.17. The first-order valence-corrected chi connectivity index (χ1v) is 7.05. The maximum atomic E-state index is 12.1. The zero-order chi connectivity index (χ0) is 13.4. The van der Waals surface area contributed by atoms with Crippen LogP contribution in [0, 0.1) is 0 Å². The second-order valence-electron chi connectivity index (χ2n) is 4.26. The van der Waals surface area contributed by atoms with Gasteiger partial charge in [-0.15, -0.1) is 11.3 Å². The van der Waals surface area contributed by atoms with Crippen molar-refractivity contribution in [2.75, 3.05) is 11.1 Å². The molecular weight excluding hydrogens is 284 g/mol. The lowest BCUT2D eigenvalue weighted by atomic mass is 10.3. The van der Waals surface area contributed by atoms with Crippen LogP contribution in [0.25, 0.3) is 0 Å². The number of aryl methyl sites for hydroxylation is 2. The van der Waals surface area contributed by atoms with Gasteiger partial charge >= 0.3 is 0 Å². The van der Waals surface area contributed by atoms with E-state index in [1.807, 2.05) is 0 Å². The van der Waals surface area contributed by atoms with Crippen LogP contribution >= 0.6 is 22.9 Å². The van der Waals surface area contributed by atoms with Crippen LogP contribution in [0.3, 0.4) is 0 Å². The van der Waals surface area contributed by atoms with Crippen molar-refractivity contribution in [2.45, 2.75) is 19.3 Å². The number of carbonyl (C=O) groups excluding carboxylic acids is 1. The van der Waals surface area contributed by atoms with E-state index >= 15 is 0 Å². The largest absolute Gasteiger partial charge is 0.384 e. The number of halogens is 1. The molecule has 3 rings (SSSR count). The predicted molar refractivity (Wildman–Crippen MR) is 75.8 cm³/mol. The Morgan fingerprint density at radius 3 is 3.00 bits per heavy atom. The standard InChI is InChI=1S/C12H11ClN4OS/c13-6-4-5-9(14)16-10(6)11(18)17-12-15-7-2-1-3-8(7)19-12/h4-5H,1-3H2,(H2,14,16)(H,15,17,18). The molecule has 0 spiro atoms. The molecule has 0 radical (unpaired) electrons. The highest BCUT2D eigenvalue weighted by Gasteiger charge is 2.19. The number of rotatable bonds is 2. The number of aromatic nitrogens is 2. The summed E-state index contributed by atoms with van der Waals surface area (Å²) < 4.78 is 0. The van der Waals surface area contributed by atoms with Gasteiger partial charge in [0.2, 0.25) is 0 Å². The van der Waals surface area contributed by atoms with Crippen molar-refractivity contribution >= 4 is 39.8 Å². The summed E-state index contributed by atoms with van der Waals surface area (Å²) in [5.41, 5.74) is 6.77. The number of hydrogen-bond acceptors (Lipinski definition) is 5. The van der Waals surface area contributed by atoms with Gasteiger partial charge in [-0.3, -0.25) is 10.1 Å². The van der Waals surface area contributed by atoms with Crippen molar-refractivity contribution in [3.8, 4) is 0 Å². The number of nitrogens with two attached hydrogens (primary N) is 1. The SMILES string of the molecule is Nc1ccc(Cl)c(C(=O)Nc2nc3c(s2)CCC3)n1. The minimum atomic E-state index is -0.385. The Morgan fingerprint density at radius 2 is 2.21 bits per heavy atom. The maximum Gasteiger partial charge on any atom is 0.277 e. The van der Waals surface area contributed by atoms with Crippen molar-refractivity contribution in [3.05, 3.63) is 33.4 Å². The highest BCUT2D eigenvalue weighted by Crippen LogP contribution is 2.30. The number of anilines is 2. The molecule has 0 atom stereocenters. The van der Waals surface area contributed by atoms with Crippen molar-refractivity contribution in [1.29, 1.82) is 0 Å². The Kier molecular flexibility index (Phi) is 3.12. The molecule has 2 heterocycles. The maximum absolute atomic E-state index is 12.1. The van der Waals surface area contributed by atoms with Gasteiger partial charge in [-0.1, -0.05) is 11.6 Å². The van der Waals surface area contributed by atoms with Gasteiger partial charge in [0.15, 0.2) is 5.13 Å². The minimum Gasteiger partial charge on any atom is -0.384 e. The number of amides is 1. The van der Waals surface area contributed by atoms with Crippen LogP contribution in [0.4, 0.5) is 10.9 Å². The van der Waals surface area contributed by atoms with E-state index in [4.69, 9.17) is 17.3 Å². The van der Waals surface area contributed by atoms with Crippen LogP contribution in [0.1, 0.15) is 27.5 Å². The quantitative estimate of drug-likeness (QED) is 0.892. The number of nitrogen functional groups attached to an aromatic ring is 1. The van der Waals surface area contributed by atoms with Crippen LogP contribution in [0.15, 0.2) is 12.1 Å². The van der Waals surface area contributed by atoms with E-state index in [2.05, 4.69) is 15.3 Å². The third-order valence-electron chi connectivity index (χ3n) is 2.90. The lowest BCUT2D eigenvalue weighted by Gasteiger charge is -2.04. The van der Waals surface area contributed by atoms with E-state index in [-0.39, 0.29) is 22.4 Å². The number of carbonyl (C=O) groups is 1. The first-order chi connectivity index (χ1) is 9.13. The average molecular weight is 295 g/mol. The smallest absolute Gasteiger partial charge is 0.277 e. The summed E-state index contributed by atoms with van der Waals surface area (Å²) in [5.74, 6) is -0.124. The summed E-state index contributed by atoms with van der Waals surface area (Å²) in [6, 6.07) is 3.11. The van der Waals surface area contributed by atoms with Crippen LogP contribution in [-0.2, 0) is 12.8 Å². The summed E-state index contributed by atoms with van der Waals surface area (Å²) in [4.78, 5) is 21.7. The molecule has 0 saturated carbocycles. The Labute approximate surface area is 118 Å². The van der Waals surface area contributed by atoms with E-state index in [0.29, 0.717) is 5.13 Å². The molecule has 0 bridgehead atoms. The third kappa shape index (κ3) is 2.41. The zero-order valence-electron chi connectivity index (χ0n) is 9.94. The number of thiazole rings is 1. The predicted octanol–water partition coefficient (Wildman–Crippen LogP) is 2.51. The highest BCUT2D eigenvalue weighted by molar-refractivity contribution is 7.16. The highest BCUT2D eigenvalue weighted by atomic mass is 35.5. The van der Waals surface area contributed by atoms with E-state index in [1.165, 1.54) is 16.2 Å². The van der Waals surface area contributed by atoms with Crippen molar-refractivity contribution < 1.29 is 4.79 Å². The average Bonchev–Trinajstić information content (AvgIpc) is 2.92. The summed E-state index contributed by atoms with van der Waals surface area (Å²) in [6.45, 7) is 0. The Morgan fingerprint density at radius 1 is 1.37 bits per heavy atom. The monoisotopic (exact) mass is 294 g/mol. The molecule has 0 fully saturated rings. The number of fused-ring (bicyclic) bond motifs is 1. The second kappa shape index (κ2) is 4.79. The molecule has 5 nitrogen and oxygen atoms in total. The lowest BCUT2D eigenvalue weighted by molar-refractivity contribution is 0.102. The second-order valence-corrected chi connectivity index (χ2v) is 5.75. The Bertz CT molecular complexity index is 634. The van der Waals surface area contributed by atoms with Crippen molar-refractivity contribution in [1.82, 2.24) is 9.97 Å². The Balaban J connectivity index is 1.82. The van der Waals surface area contributed by atoms with Crippen molar-refractivity contribution in [2.24, 2.45) is 0 Å². The molecule has 2 aromatic rings. The Hall–Kier alpha value is -1.66. The molecule has 0 unspecified atom stereocenters. The fourth-order valence-corrected chi connectivity index (χ4v) is 3.25. The third-order valence-corrected chi connectivity index (χ3v) is 4.28. The lowest BCUT2D eigenvalue weighted by Crippen LogP contribution is -2.15. The fourth-order valence-electron chi connectivity index (χ4n) is 2.02. The first-order valence-electron chi connectivity index (χ1n) is 5.85. The van der Waals surface area contributed by atoms with Crippen molar-refractivity contribution in [3.63, 3.8) is 0 Å². The molecule has 7 heteroatoms. The van der Waals surface area contributed by atoms with Gasteiger partial charge in [0, 0.05) is 4.88 Å². The van der Waals surface area contributed by atoms with Gasteiger partial charge in [0.1, 0.15) is 11.5 Å². The molecule has 98 valence electrons. The van der Waals surface area contributed by atoms with Crippen LogP contribution in [0.2, 0.25) is 5.02 Å². The number of nitrogens with zero attached hydrogens (tertiary/aromatic N) is 2. The summed E-state index contributed by atoms with van der Waals surface area (Å²) >= 11 is 7.45. The van der Waals surface area contributed by atoms with Crippen LogP contribution in [-0.4, -0.2) is 15.9 Å². The molecule has 0 aromatic carbocycles. The molecule has 19 heavy (non-hydrogen) atoms. The zero-order valence-corrected chi connectivity index (χ0v) is 11.5. The molecule has 1 aliphatic carbocycles. The number of pyridine rings is 1. The van der Waals surface area contributed by atoms with Gasteiger partial charge in [-0.25, -0.2) is 9.97 Å². The number of hydrogen-bond donors (Lipinski definition) is 2. The van der Waals surface area contributed by atoms with Gasteiger partial charge in [0.25, 0.3) is 5.91 Å². The van der Waals surface area contributed by atoms with Crippen LogP contribution < -0.4 is 11.1 Å². The van der Waals surface area contributed by atoms with E-state index in [0.717, 1.165) is 25.0 Å². The molecule has 3 N–H and O–H groups in total. The molecule has 1 amide bonds. The molecule has 1 aliphatic rings. The van der Waals surface area contributed by atoms with Gasteiger partial charge in [0.05, 0.1) is 10.7 Å². The summed E-state index contributed by atoms with van der Waals surface area (Å²) in [7, 11) is 0. The summed E-state index contributed by atoms with van der Waals surface area (Å²) in [5, 5.41) is 3.59.